The number of ether oxygens (including phenoxy) is 1. The number of nitrogens with one attached hydrogen (secondary N) is 1. The highest BCUT2D eigenvalue weighted by atomic mass is 19.1. The number of nitrogens with two attached hydrogens (primary N) is 1. The fourth-order valence-electron chi connectivity index (χ4n) is 3.56. The van der Waals surface area contributed by atoms with Crippen molar-refractivity contribution >= 4 is 17.3 Å². The first-order chi connectivity index (χ1) is 14.4. The number of nitrogen functional groups attached to an aromatic ring is 1. The van der Waals surface area contributed by atoms with Crippen LogP contribution in [-0.2, 0) is 11.4 Å². The summed E-state index contributed by atoms with van der Waals surface area (Å²) in [7, 11) is 5.62. The van der Waals surface area contributed by atoms with Crippen LogP contribution in [0.2, 0.25) is 0 Å². The Morgan fingerprint density at radius 1 is 1.37 bits per heavy atom. The van der Waals surface area contributed by atoms with Crippen LogP contribution in [0.25, 0.3) is 0 Å². The molecule has 3 N–H and O–H groups in total. The van der Waals surface area contributed by atoms with Crippen LogP contribution in [-0.4, -0.2) is 54.7 Å². The molecule has 0 saturated heterocycles. The number of carbonyl (C=O) groups is 1. The van der Waals surface area contributed by atoms with Crippen LogP contribution in [0.5, 0.6) is 5.75 Å². The summed E-state index contributed by atoms with van der Waals surface area (Å²) in [4.78, 5) is 22.8. The number of hydrogen-bond acceptors (Lipinski definition) is 6. The molecule has 0 radical (unpaired) electrons. The third kappa shape index (κ3) is 4.59. The van der Waals surface area contributed by atoms with Crippen LogP contribution >= 0.6 is 0 Å². The molecule has 1 amide bonds. The Balaban J connectivity index is 1.72. The van der Waals surface area contributed by atoms with Crippen molar-refractivity contribution in [1.29, 1.82) is 0 Å². The summed E-state index contributed by atoms with van der Waals surface area (Å²) < 4.78 is 19.4. The Bertz CT molecular complexity index is 941. The number of aliphatic imine (C=N–C) groups is 1. The van der Waals surface area contributed by atoms with Gasteiger partial charge in [0.1, 0.15) is 18.1 Å². The lowest BCUT2D eigenvalue weighted by atomic mass is 9.75. The second-order valence-corrected chi connectivity index (χ2v) is 7.72. The van der Waals surface area contributed by atoms with E-state index in [1.165, 1.54) is 6.20 Å². The van der Waals surface area contributed by atoms with Crippen molar-refractivity contribution < 1.29 is 13.9 Å². The SMILES string of the molecule is CN=C(C(=O)NCC1(N(C)C)CCC1)c1cc(OCc2cccnc2F)ccc1N. The summed E-state index contributed by atoms with van der Waals surface area (Å²) in [6.45, 7) is 0.563. The van der Waals surface area contributed by atoms with E-state index >= 15 is 0 Å². The zero-order valence-corrected chi connectivity index (χ0v) is 17.6. The molecule has 1 aromatic heterocycles. The first-order valence-electron chi connectivity index (χ1n) is 9.91. The number of likely N-dealkylation sites (N-methyl/N-ethyl adjacent to an activating group) is 1. The van der Waals surface area contributed by atoms with Gasteiger partial charge in [0.15, 0.2) is 0 Å². The van der Waals surface area contributed by atoms with Gasteiger partial charge in [0.25, 0.3) is 5.91 Å². The van der Waals surface area contributed by atoms with Crippen molar-refractivity contribution in [3.63, 3.8) is 0 Å². The molecule has 0 bridgehead atoms. The third-order valence-corrected chi connectivity index (χ3v) is 5.76. The van der Waals surface area contributed by atoms with Gasteiger partial charge in [-0.05, 0) is 63.7 Å². The van der Waals surface area contributed by atoms with E-state index in [9.17, 15) is 9.18 Å². The van der Waals surface area contributed by atoms with Gasteiger partial charge in [-0.25, -0.2) is 4.98 Å². The number of aromatic nitrogens is 1. The topological polar surface area (TPSA) is 92.8 Å². The van der Waals surface area contributed by atoms with Gasteiger partial charge in [0.05, 0.1) is 0 Å². The molecule has 0 spiro atoms. The first kappa shape index (κ1) is 21.7. The average molecular weight is 413 g/mol. The van der Waals surface area contributed by atoms with Crippen LogP contribution in [0.4, 0.5) is 10.1 Å². The first-order valence-corrected chi connectivity index (χ1v) is 9.91. The van der Waals surface area contributed by atoms with Gasteiger partial charge in [-0.15, -0.1) is 0 Å². The third-order valence-electron chi connectivity index (χ3n) is 5.76. The molecule has 0 aliphatic heterocycles. The van der Waals surface area contributed by atoms with Gasteiger partial charge in [-0.2, -0.15) is 4.39 Å². The van der Waals surface area contributed by atoms with E-state index in [0.717, 1.165) is 19.3 Å². The molecule has 2 aromatic rings. The monoisotopic (exact) mass is 413 g/mol. The molecular weight excluding hydrogens is 385 g/mol. The molecule has 1 aliphatic rings. The average Bonchev–Trinajstić information content (AvgIpc) is 2.68. The molecule has 1 saturated carbocycles. The Morgan fingerprint density at radius 3 is 2.73 bits per heavy atom. The fraction of sp³-hybridized carbons (Fsp3) is 0.409. The minimum absolute atomic E-state index is 0.00118. The zero-order valence-electron chi connectivity index (χ0n) is 17.6. The van der Waals surface area contributed by atoms with E-state index in [-0.39, 0.29) is 23.8 Å². The van der Waals surface area contributed by atoms with Gasteiger partial charge in [0, 0.05) is 42.1 Å². The molecule has 160 valence electrons. The number of hydrogen-bond donors (Lipinski definition) is 2. The summed E-state index contributed by atoms with van der Waals surface area (Å²) in [5.74, 6) is -0.401. The summed E-state index contributed by atoms with van der Waals surface area (Å²) in [5.41, 5.74) is 7.57. The van der Waals surface area contributed by atoms with Gasteiger partial charge in [-0.1, -0.05) is 0 Å². The number of rotatable bonds is 8. The van der Waals surface area contributed by atoms with Crippen molar-refractivity contribution in [3.05, 3.63) is 53.6 Å². The second-order valence-electron chi connectivity index (χ2n) is 7.72. The van der Waals surface area contributed by atoms with Gasteiger partial charge in [-0.3, -0.25) is 9.79 Å². The lowest BCUT2D eigenvalue weighted by Gasteiger charge is -2.47. The maximum atomic E-state index is 13.7. The van der Waals surface area contributed by atoms with E-state index in [1.54, 1.807) is 37.4 Å². The van der Waals surface area contributed by atoms with E-state index < -0.39 is 5.95 Å². The number of nitrogens with zero attached hydrogens (tertiary/aromatic N) is 3. The Kier molecular flexibility index (Phi) is 6.66. The van der Waals surface area contributed by atoms with Crippen molar-refractivity contribution in [2.45, 2.75) is 31.4 Å². The second kappa shape index (κ2) is 9.21. The number of pyridine rings is 1. The molecule has 3 rings (SSSR count). The summed E-state index contributed by atoms with van der Waals surface area (Å²) in [6, 6.07) is 8.22. The number of benzene rings is 1. The quantitative estimate of drug-likeness (QED) is 0.394. The molecule has 0 atom stereocenters. The fourth-order valence-corrected chi connectivity index (χ4v) is 3.56. The number of anilines is 1. The van der Waals surface area contributed by atoms with Crippen molar-refractivity contribution in [2.24, 2.45) is 4.99 Å². The molecule has 30 heavy (non-hydrogen) atoms. The van der Waals surface area contributed by atoms with Crippen LogP contribution in [0.3, 0.4) is 0 Å². The lowest BCUT2D eigenvalue weighted by molar-refractivity contribution is -0.115. The summed E-state index contributed by atoms with van der Waals surface area (Å²) >= 11 is 0. The standard InChI is InChI=1S/C22H28FN5O2/c1-25-19(21(29)27-14-22(28(2)3)9-5-10-22)17-12-16(7-8-18(17)24)30-13-15-6-4-11-26-20(15)23/h4,6-8,11-12H,5,9-10,13-14,24H2,1-3H3,(H,27,29). The summed E-state index contributed by atoms with van der Waals surface area (Å²) in [5, 5.41) is 3.00. The summed E-state index contributed by atoms with van der Waals surface area (Å²) in [6.07, 6.45) is 4.64. The predicted molar refractivity (Wildman–Crippen MR) is 115 cm³/mol. The van der Waals surface area contributed by atoms with Gasteiger partial charge >= 0.3 is 0 Å². The van der Waals surface area contributed by atoms with E-state index in [2.05, 4.69) is 20.2 Å². The van der Waals surface area contributed by atoms with Crippen LogP contribution in [0.1, 0.15) is 30.4 Å². The normalized spacial score (nSPS) is 15.6. The van der Waals surface area contributed by atoms with Crippen LogP contribution in [0.15, 0.2) is 41.5 Å². The van der Waals surface area contributed by atoms with E-state index in [1.807, 2.05) is 14.1 Å². The van der Waals surface area contributed by atoms with Crippen LogP contribution < -0.4 is 15.8 Å². The highest BCUT2D eigenvalue weighted by molar-refractivity contribution is 6.46. The molecule has 1 fully saturated rings. The Morgan fingerprint density at radius 2 is 2.13 bits per heavy atom. The van der Waals surface area contributed by atoms with Crippen molar-refractivity contribution in [3.8, 4) is 5.75 Å². The molecule has 1 aromatic carbocycles. The zero-order chi connectivity index (χ0) is 21.7. The number of carbonyl (C=O) groups excluding carboxylic acids is 1. The van der Waals surface area contributed by atoms with Gasteiger partial charge in [0.2, 0.25) is 5.95 Å². The minimum atomic E-state index is -0.575. The molecule has 8 heteroatoms. The van der Waals surface area contributed by atoms with Gasteiger partial charge < -0.3 is 20.7 Å². The Hall–Kier alpha value is -3.00. The van der Waals surface area contributed by atoms with Crippen LogP contribution in [0, 0.1) is 5.95 Å². The minimum Gasteiger partial charge on any atom is -0.489 e. The van der Waals surface area contributed by atoms with Crippen molar-refractivity contribution in [2.75, 3.05) is 33.4 Å². The maximum Gasteiger partial charge on any atom is 0.270 e. The smallest absolute Gasteiger partial charge is 0.270 e. The highest BCUT2D eigenvalue weighted by Gasteiger charge is 2.39. The van der Waals surface area contributed by atoms with E-state index in [0.29, 0.717) is 29.1 Å². The molecule has 1 heterocycles. The molecule has 1 aliphatic carbocycles. The largest absolute Gasteiger partial charge is 0.489 e. The number of amides is 1. The molecular formula is C22H28FN5O2. The van der Waals surface area contributed by atoms with E-state index in [4.69, 9.17) is 10.5 Å². The molecule has 0 unspecified atom stereocenters. The Labute approximate surface area is 176 Å². The lowest BCUT2D eigenvalue weighted by Crippen LogP contribution is -2.57. The van der Waals surface area contributed by atoms with Crippen molar-refractivity contribution in [1.82, 2.24) is 15.2 Å². The highest BCUT2D eigenvalue weighted by Crippen LogP contribution is 2.35. The number of halogens is 1. The predicted octanol–water partition coefficient (Wildman–Crippen LogP) is 2.40. The maximum absolute atomic E-state index is 13.7. The molecule has 7 nitrogen and oxygen atoms in total.